The summed E-state index contributed by atoms with van der Waals surface area (Å²) in [5.41, 5.74) is 4.60. The van der Waals surface area contributed by atoms with E-state index in [1.165, 1.54) is 18.5 Å². The fourth-order valence-electron chi connectivity index (χ4n) is 5.06. The molecule has 1 amide bonds. The van der Waals surface area contributed by atoms with Crippen LogP contribution in [0.5, 0.6) is 0 Å². The fraction of sp³-hybridized carbons (Fsp3) is 0.577. The van der Waals surface area contributed by atoms with Crippen LogP contribution in [0.1, 0.15) is 43.0 Å². The standard InChI is InChI=1S/C26H35N5O2/c1-19-8-10-31(11-9-19)26-28-18-22-16-21(4-7-24(22)29-26)25(32)27-17-20-2-5-23(6-3-20)30-12-14-33-15-13-30/h2-3,5-6,18-19,21H,4,7-17H2,1H3,(H,27,32)/t21-/m0/s1. The molecule has 2 aromatic rings. The van der Waals surface area contributed by atoms with Gasteiger partial charge in [0.1, 0.15) is 0 Å². The molecule has 0 bridgehead atoms. The number of carbonyl (C=O) groups excluding carboxylic acids is 1. The topological polar surface area (TPSA) is 70.6 Å². The Morgan fingerprint density at radius 1 is 1.06 bits per heavy atom. The Morgan fingerprint density at radius 3 is 2.58 bits per heavy atom. The van der Waals surface area contributed by atoms with Crippen molar-refractivity contribution in [1.82, 2.24) is 15.3 Å². The van der Waals surface area contributed by atoms with Crippen LogP contribution in [0.4, 0.5) is 11.6 Å². The van der Waals surface area contributed by atoms with E-state index in [1.54, 1.807) is 0 Å². The van der Waals surface area contributed by atoms with Crippen LogP contribution >= 0.6 is 0 Å². The Balaban J connectivity index is 1.13. The van der Waals surface area contributed by atoms with Gasteiger partial charge in [0, 0.05) is 56.2 Å². The van der Waals surface area contributed by atoms with Crippen LogP contribution in [0.2, 0.25) is 0 Å². The predicted octanol–water partition coefficient (Wildman–Crippen LogP) is 2.97. The van der Waals surface area contributed by atoms with Gasteiger partial charge in [0.25, 0.3) is 0 Å². The molecular formula is C26H35N5O2. The van der Waals surface area contributed by atoms with Gasteiger partial charge in [-0.25, -0.2) is 9.97 Å². The molecule has 1 aliphatic carbocycles. The van der Waals surface area contributed by atoms with Gasteiger partial charge in [-0.05, 0) is 61.3 Å². The lowest BCUT2D eigenvalue weighted by atomic mass is 9.86. The number of aryl methyl sites for hydroxylation is 1. The second kappa shape index (κ2) is 10.1. The summed E-state index contributed by atoms with van der Waals surface area (Å²) in [5, 5.41) is 3.14. The Bertz CT molecular complexity index is 950. The summed E-state index contributed by atoms with van der Waals surface area (Å²) in [6, 6.07) is 8.50. The van der Waals surface area contributed by atoms with Gasteiger partial charge < -0.3 is 19.9 Å². The van der Waals surface area contributed by atoms with Gasteiger partial charge in [0.2, 0.25) is 11.9 Å². The maximum Gasteiger partial charge on any atom is 0.225 e. The van der Waals surface area contributed by atoms with E-state index in [1.807, 2.05) is 6.20 Å². The zero-order valence-electron chi connectivity index (χ0n) is 19.6. The molecule has 0 unspecified atom stereocenters. The van der Waals surface area contributed by atoms with Gasteiger partial charge in [-0.15, -0.1) is 0 Å². The van der Waals surface area contributed by atoms with Crippen molar-refractivity contribution in [1.29, 1.82) is 0 Å². The van der Waals surface area contributed by atoms with Crippen molar-refractivity contribution in [2.45, 2.75) is 45.6 Å². The lowest BCUT2D eigenvalue weighted by molar-refractivity contribution is -0.125. The van der Waals surface area contributed by atoms with Crippen molar-refractivity contribution in [3.8, 4) is 0 Å². The number of anilines is 2. The molecule has 7 heteroatoms. The SMILES string of the molecule is CC1CCN(c2ncc3c(n2)CC[C@H](C(=O)NCc2ccc(N4CCOCC4)cc2)C3)CC1. The summed E-state index contributed by atoms with van der Waals surface area (Å²) in [4.78, 5) is 27.0. The molecule has 0 saturated carbocycles. The molecule has 0 radical (unpaired) electrons. The van der Waals surface area contributed by atoms with E-state index in [4.69, 9.17) is 9.72 Å². The van der Waals surface area contributed by atoms with Crippen LogP contribution in [-0.4, -0.2) is 55.3 Å². The highest BCUT2D eigenvalue weighted by Gasteiger charge is 2.27. The first-order valence-electron chi connectivity index (χ1n) is 12.4. The number of fused-ring (bicyclic) bond motifs is 1. The van der Waals surface area contributed by atoms with Crippen LogP contribution in [0, 0.1) is 11.8 Å². The van der Waals surface area contributed by atoms with Gasteiger partial charge in [0.15, 0.2) is 0 Å². The van der Waals surface area contributed by atoms with E-state index in [9.17, 15) is 4.79 Å². The minimum atomic E-state index is -0.00425. The maximum absolute atomic E-state index is 12.9. The monoisotopic (exact) mass is 449 g/mol. The Labute approximate surface area is 196 Å². The molecule has 33 heavy (non-hydrogen) atoms. The first-order chi connectivity index (χ1) is 16.2. The highest BCUT2D eigenvalue weighted by atomic mass is 16.5. The summed E-state index contributed by atoms with van der Waals surface area (Å²) in [7, 11) is 0. The quantitative estimate of drug-likeness (QED) is 0.757. The number of hydrogen-bond acceptors (Lipinski definition) is 6. The highest BCUT2D eigenvalue weighted by molar-refractivity contribution is 5.79. The summed E-state index contributed by atoms with van der Waals surface area (Å²) in [6.45, 7) is 8.39. The largest absolute Gasteiger partial charge is 0.378 e. The molecule has 1 aromatic heterocycles. The number of rotatable bonds is 5. The molecule has 2 fully saturated rings. The van der Waals surface area contributed by atoms with Gasteiger partial charge >= 0.3 is 0 Å². The first kappa shape index (κ1) is 22.1. The summed E-state index contributed by atoms with van der Waals surface area (Å²) in [5.74, 6) is 1.78. The molecule has 176 valence electrons. The molecule has 3 aliphatic rings. The third kappa shape index (κ3) is 5.29. The highest BCUT2D eigenvalue weighted by Crippen LogP contribution is 2.27. The second-order valence-corrected chi connectivity index (χ2v) is 9.73. The Kier molecular flexibility index (Phi) is 6.76. The van der Waals surface area contributed by atoms with E-state index in [0.29, 0.717) is 6.54 Å². The number of benzene rings is 1. The van der Waals surface area contributed by atoms with Gasteiger partial charge in [-0.3, -0.25) is 4.79 Å². The van der Waals surface area contributed by atoms with E-state index in [-0.39, 0.29) is 11.8 Å². The molecule has 2 saturated heterocycles. The summed E-state index contributed by atoms with van der Waals surface area (Å²) < 4.78 is 5.43. The number of nitrogens with zero attached hydrogens (tertiary/aromatic N) is 4. The molecule has 0 spiro atoms. The third-order valence-electron chi connectivity index (χ3n) is 7.35. The number of ether oxygens (including phenoxy) is 1. The Hall–Kier alpha value is -2.67. The average molecular weight is 450 g/mol. The average Bonchev–Trinajstić information content (AvgIpc) is 2.88. The second-order valence-electron chi connectivity index (χ2n) is 9.73. The smallest absolute Gasteiger partial charge is 0.225 e. The van der Waals surface area contributed by atoms with E-state index >= 15 is 0 Å². The maximum atomic E-state index is 12.9. The van der Waals surface area contributed by atoms with Crippen LogP contribution in [-0.2, 0) is 28.9 Å². The molecule has 1 atom stereocenters. The number of piperidine rings is 1. The van der Waals surface area contributed by atoms with Crippen molar-refractivity contribution in [3.63, 3.8) is 0 Å². The fourth-order valence-corrected chi connectivity index (χ4v) is 5.06. The lowest BCUT2D eigenvalue weighted by Gasteiger charge is -2.31. The van der Waals surface area contributed by atoms with Crippen molar-refractivity contribution in [3.05, 3.63) is 47.3 Å². The van der Waals surface area contributed by atoms with Crippen LogP contribution in [0.3, 0.4) is 0 Å². The molecule has 1 aromatic carbocycles. The Morgan fingerprint density at radius 2 is 1.82 bits per heavy atom. The van der Waals surface area contributed by atoms with Gasteiger partial charge in [0.05, 0.1) is 13.2 Å². The van der Waals surface area contributed by atoms with E-state index in [2.05, 4.69) is 51.3 Å². The molecule has 7 nitrogen and oxygen atoms in total. The minimum Gasteiger partial charge on any atom is -0.378 e. The van der Waals surface area contributed by atoms with Crippen molar-refractivity contribution in [2.75, 3.05) is 49.2 Å². The molecular weight excluding hydrogens is 414 g/mol. The third-order valence-corrected chi connectivity index (χ3v) is 7.35. The van der Waals surface area contributed by atoms with Crippen LogP contribution in [0.25, 0.3) is 0 Å². The molecule has 2 aliphatic heterocycles. The zero-order chi connectivity index (χ0) is 22.6. The number of hydrogen-bond donors (Lipinski definition) is 1. The van der Waals surface area contributed by atoms with Crippen LogP contribution < -0.4 is 15.1 Å². The van der Waals surface area contributed by atoms with Crippen LogP contribution in [0.15, 0.2) is 30.5 Å². The summed E-state index contributed by atoms with van der Waals surface area (Å²) in [6.07, 6.45) is 6.80. The number of nitrogens with one attached hydrogen (secondary N) is 1. The first-order valence-corrected chi connectivity index (χ1v) is 12.4. The minimum absolute atomic E-state index is 0.00425. The zero-order valence-corrected chi connectivity index (χ0v) is 19.6. The number of aromatic nitrogens is 2. The molecule has 3 heterocycles. The molecule has 5 rings (SSSR count). The number of carbonyl (C=O) groups is 1. The van der Waals surface area contributed by atoms with E-state index in [0.717, 1.165) is 87.3 Å². The normalized spacial score (nSPS) is 21.5. The van der Waals surface area contributed by atoms with Crippen molar-refractivity contribution >= 4 is 17.5 Å². The van der Waals surface area contributed by atoms with E-state index < -0.39 is 0 Å². The van der Waals surface area contributed by atoms with Crippen molar-refractivity contribution < 1.29 is 9.53 Å². The van der Waals surface area contributed by atoms with Gasteiger partial charge in [-0.1, -0.05) is 19.1 Å². The number of amides is 1. The predicted molar refractivity (Wildman–Crippen MR) is 129 cm³/mol. The summed E-state index contributed by atoms with van der Waals surface area (Å²) >= 11 is 0. The van der Waals surface area contributed by atoms with Gasteiger partial charge in [-0.2, -0.15) is 0 Å². The lowest BCUT2D eigenvalue weighted by Crippen LogP contribution is -2.36. The number of morpholine rings is 1. The van der Waals surface area contributed by atoms with Crippen molar-refractivity contribution in [2.24, 2.45) is 11.8 Å². The molecule has 1 N–H and O–H groups in total.